The van der Waals surface area contributed by atoms with Gasteiger partial charge in [-0.05, 0) is 41.1 Å². The third-order valence-electron chi connectivity index (χ3n) is 1.54. The first-order valence-electron chi connectivity index (χ1n) is 4.37. The summed E-state index contributed by atoms with van der Waals surface area (Å²) >= 11 is 4.53. The lowest BCUT2D eigenvalue weighted by Crippen LogP contribution is -2.06. The van der Waals surface area contributed by atoms with Gasteiger partial charge in [-0.3, -0.25) is 4.79 Å². The van der Waals surface area contributed by atoms with Crippen LogP contribution in [0.1, 0.15) is 6.92 Å². The fourth-order valence-corrected chi connectivity index (χ4v) is 2.28. The van der Waals surface area contributed by atoms with Crippen molar-refractivity contribution in [1.82, 2.24) is 0 Å². The molecule has 1 aromatic rings. The molecule has 0 aliphatic heterocycles. The summed E-state index contributed by atoms with van der Waals surface area (Å²) in [6.07, 6.45) is 0. The number of esters is 1. The predicted molar refractivity (Wildman–Crippen MR) is 61.5 cm³/mol. The highest BCUT2D eigenvalue weighted by Gasteiger charge is 2.06. The fraction of sp³-hybridized carbons (Fsp3) is 0.300. The maximum absolute atomic E-state index is 12.9. The molecule has 82 valence electrons. The van der Waals surface area contributed by atoms with Crippen LogP contribution >= 0.6 is 27.7 Å². The fourth-order valence-electron chi connectivity index (χ4n) is 0.927. The lowest BCUT2D eigenvalue weighted by atomic mass is 10.3. The van der Waals surface area contributed by atoms with Gasteiger partial charge in [0.2, 0.25) is 0 Å². The van der Waals surface area contributed by atoms with E-state index in [0.717, 1.165) is 4.47 Å². The van der Waals surface area contributed by atoms with E-state index in [1.165, 1.54) is 23.9 Å². The summed E-state index contributed by atoms with van der Waals surface area (Å²) in [6, 6.07) is 4.36. The van der Waals surface area contributed by atoms with E-state index >= 15 is 0 Å². The SMILES string of the molecule is CCOC(=O)CSc1cc(F)ccc1Br. The Morgan fingerprint density at radius 3 is 3.00 bits per heavy atom. The highest BCUT2D eigenvalue weighted by Crippen LogP contribution is 2.28. The number of halogens is 2. The summed E-state index contributed by atoms with van der Waals surface area (Å²) < 4.78 is 18.4. The number of carbonyl (C=O) groups is 1. The van der Waals surface area contributed by atoms with Gasteiger partial charge in [0, 0.05) is 9.37 Å². The normalized spacial score (nSPS) is 10.1. The average Bonchev–Trinajstić information content (AvgIpc) is 2.20. The highest BCUT2D eigenvalue weighted by molar-refractivity contribution is 9.10. The van der Waals surface area contributed by atoms with Crippen LogP contribution in [0.3, 0.4) is 0 Å². The lowest BCUT2D eigenvalue weighted by molar-refractivity contribution is -0.139. The molecule has 15 heavy (non-hydrogen) atoms. The Labute approximate surface area is 100 Å². The van der Waals surface area contributed by atoms with Gasteiger partial charge in [0.15, 0.2) is 0 Å². The van der Waals surface area contributed by atoms with Crippen molar-refractivity contribution in [3.8, 4) is 0 Å². The minimum absolute atomic E-state index is 0.190. The largest absolute Gasteiger partial charge is 0.465 e. The third-order valence-corrected chi connectivity index (χ3v) is 3.53. The molecule has 0 aliphatic rings. The zero-order valence-electron chi connectivity index (χ0n) is 8.13. The zero-order valence-corrected chi connectivity index (χ0v) is 10.5. The van der Waals surface area contributed by atoms with E-state index in [2.05, 4.69) is 15.9 Å². The van der Waals surface area contributed by atoms with E-state index in [1.54, 1.807) is 13.0 Å². The van der Waals surface area contributed by atoms with Crippen molar-refractivity contribution in [3.05, 3.63) is 28.5 Å². The number of ether oxygens (including phenoxy) is 1. The summed E-state index contributed by atoms with van der Waals surface area (Å²) in [5.74, 6) is -0.418. The standard InChI is InChI=1S/C10H10BrFO2S/c1-2-14-10(13)6-15-9-5-7(12)3-4-8(9)11/h3-5H,2,6H2,1H3. The number of hydrogen-bond acceptors (Lipinski definition) is 3. The molecule has 0 bridgehead atoms. The van der Waals surface area contributed by atoms with Crippen molar-refractivity contribution >= 4 is 33.7 Å². The molecular weight excluding hydrogens is 283 g/mol. The molecule has 0 atom stereocenters. The van der Waals surface area contributed by atoms with Crippen LogP contribution in [-0.2, 0) is 9.53 Å². The molecule has 2 nitrogen and oxygen atoms in total. The Hall–Kier alpha value is -0.550. The van der Waals surface area contributed by atoms with Gasteiger partial charge < -0.3 is 4.74 Å². The van der Waals surface area contributed by atoms with E-state index in [9.17, 15) is 9.18 Å². The Morgan fingerprint density at radius 1 is 1.60 bits per heavy atom. The molecule has 0 aromatic heterocycles. The van der Waals surface area contributed by atoms with Crippen molar-refractivity contribution in [2.45, 2.75) is 11.8 Å². The molecule has 5 heteroatoms. The highest BCUT2D eigenvalue weighted by atomic mass is 79.9. The molecule has 0 unspecified atom stereocenters. The minimum Gasteiger partial charge on any atom is -0.465 e. The number of carbonyl (C=O) groups excluding carboxylic acids is 1. The van der Waals surface area contributed by atoms with Crippen LogP contribution in [-0.4, -0.2) is 18.3 Å². The molecule has 0 N–H and O–H groups in total. The molecule has 0 spiro atoms. The van der Waals surface area contributed by atoms with Gasteiger partial charge in [0.25, 0.3) is 0 Å². The van der Waals surface area contributed by atoms with Crippen LogP contribution < -0.4 is 0 Å². The minimum atomic E-state index is -0.315. The molecule has 0 saturated carbocycles. The van der Waals surface area contributed by atoms with E-state index in [0.29, 0.717) is 11.5 Å². The zero-order chi connectivity index (χ0) is 11.3. The lowest BCUT2D eigenvalue weighted by Gasteiger charge is -2.04. The maximum atomic E-state index is 12.9. The first kappa shape index (κ1) is 12.5. The molecule has 0 amide bonds. The van der Waals surface area contributed by atoms with Gasteiger partial charge >= 0.3 is 5.97 Å². The van der Waals surface area contributed by atoms with Crippen LogP contribution in [0.2, 0.25) is 0 Å². The smallest absolute Gasteiger partial charge is 0.316 e. The van der Waals surface area contributed by atoms with E-state index in [4.69, 9.17) is 4.74 Å². The average molecular weight is 293 g/mol. The van der Waals surface area contributed by atoms with E-state index in [1.807, 2.05) is 0 Å². The second-order valence-corrected chi connectivity index (χ2v) is 4.54. The summed E-state index contributed by atoms with van der Waals surface area (Å²) in [6.45, 7) is 2.12. The van der Waals surface area contributed by atoms with Gasteiger partial charge in [0.1, 0.15) is 5.82 Å². The van der Waals surface area contributed by atoms with Gasteiger partial charge in [0.05, 0.1) is 12.4 Å². The topological polar surface area (TPSA) is 26.3 Å². The van der Waals surface area contributed by atoms with Crippen LogP contribution in [0.5, 0.6) is 0 Å². The van der Waals surface area contributed by atoms with Crippen LogP contribution in [0.15, 0.2) is 27.6 Å². The third kappa shape index (κ3) is 4.22. The number of thioether (sulfide) groups is 1. The van der Waals surface area contributed by atoms with Gasteiger partial charge in [-0.1, -0.05) is 0 Å². The van der Waals surface area contributed by atoms with Crippen molar-refractivity contribution in [3.63, 3.8) is 0 Å². The Balaban J connectivity index is 2.57. The number of benzene rings is 1. The number of rotatable bonds is 4. The molecule has 1 aromatic carbocycles. The molecule has 0 saturated heterocycles. The molecule has 0 aliphatic carbocycles. The summed E-state index contributed by atoms with van der Waals surface area (Å²) in [7, 11) is 0. The van der Waals surface area contributed by atoms with Crippen molar-refractivity contribution in [2.24, 2.45) is 0 Å². The monoisotopic (exact) mass is 292 g/mol. The molecule has 0 radical (unpaired) electrons. The van der Waals surface area contributed by atoms with E-state index < -0.39 is 0 Å². The maximum Gasteiger partial charge on any atom is 0.316 e. The predicted octanol–water partition coefficient (Wildman–Crippen LogP) is 3.24. The second kappa shape index (κ2) is 6.12. The van der Waals surface area contributed by atoms with Crippen molar-refractivity contribution in [1.29, 1.82) is 0 Å². The van der Waals surface area contributed by atoms with Gasteiger partial charge in [-0.2, -0.15) is 0 Å². The summed E-state index contributed by atoms with van der Waals surface area (Å²) in [5, 5.41) is 0. The molecule has 0 fully saturated rings. The Kier molecular flexibility index (Phi) is 5.11. The van der Waals surface area contributed by atoms with E-state index in [-0.39, 0.29) is 17.5 Å². The molecule has 0 heterocycles. The Morgan fingerprint density at radius 2 is 2.33 bits per heavy atom. The number of hydrogen-bond donors (Lipinski definition) is 0. The summed E-state index contributed by atoms with van der Waals surface area (Å²) in [5.41, 5.74) is 0. The molecule has 1 rings (SSSR count). The van der Waals surface area contributed by atoms with Crippen LogP contribution in [0.4, 0.5) is 4.39 Å². The molecular formula is C10H10BrFO2S. The second-order valence-electron chi connectivity index (χ2n) is 2.67. The first-order valence-corrected chi connectivity index (χ1v) is 6.14. The Bertz CT molecular complexity index is 357. The van der Waals surface area contributed by atoms with Gasteiger partial charge in [-0.15, -0.1) is 11.8 Å². The van der Waals surface area contributed by atoms with Crippen molar-refractivity contribution in [2.75, 3.05) is 12.4 Å². The first-order chi connectivity index (χ1) is 7.13. The summed E-state index contributed by atoms with van der Waals surface area (Å²) in [4.78, 5) is 11.8. The van der Waals surface area contributed by atoms with Crippen LogP contribution in [0, 0.1) is 5.82 Å². The van der Waals surface area contributed by atoms with Crippen LogP contribution in [0.25, 0.3) is 0 Å². The van der Waals surface area contributed by atoms with Gasteiger partial charge in [-0.25, -0.2) is 4.39 Å². The quantitative estimate of drug-likeness (QED) is 0.629. The van der Waals surface area contributed by atoms with Crippen molar-refractivity contribution < 1.29 is 13.9 Å².